The Bertz CT molecular complexity index is 254. The van der Waals surface area contributed by atoms with Gasteiger partial charge in [-0.15, -0.1) is 0 Å². The van der Waals surface area contributed by atoms with Crippen LogP contribution in [0, 0.1) is 0 Å². The average Bonchev–Trinajstić information content (AvgIpc) is 2.90. The highest BCUT2D eigenvalue weighted by Gasteiger charge is 2.23. The van der Waals surface area contributed by atoms with Crippen molar-refractivity contribution in [2.75, 3.05) is 0 Å². The Hall–Kier alpha value is -1.09. The summed E-state index contributed by atoms with van der Waals surface area (Å²) in [6.45, 7) is -0.0102. The minimum atomic E-state index is -0.0102. The van der Waals surface area contributed by atoms with Crippen LogP contribution in [-0.2, 0) is 6.61 Å². The molecule has 1 aromatic heterocycles. The molecule has 12 heavy (non-hydrogen) atoms. The molecule has 2 rings (SSSR count). The number of pyridine rings is 1. The van der Waals surface area contributed by atoms with Crippen LogP contribution in [0.2, 0.25) is 0 Å². The van der Waals surface area contributed by atoms with Gasteiger partial charge in [0.1, 0.15) is 5.75 Å². The molecule has 1 aromatic rings. The van der Waals surface area contributed by atoms with Crippen molar-refractivity contribution in [3.8, 4) is 5.75 Å². The van der Waals surface area contributed by atoms with Gasteiger partial charge in [-0.2, -0.15) is 0 Å². The van der Waals surface area contributed by atoms with E-state index in [1.807, 2.05) is 6.07 Å². The normalized spacial score (nSPS) is 16.1. The summed E-state index contributed by atoms with van der Waals surface area (Å²) < 4.78 is 5.48. The van der Waals surface area contributed by atoms with E-state index in [0.29, 0.717) is 11.8 Å². The van der Waals surface area contributed by atoms with Crippen LogP contribution in [0.5, 0.6) is 5.75 Å². The lowest BCUT2D eigenvalue weighted by Gasteiger charge is -2.03. The Kier molecular flexibility index (Phi) is 1.96. The van der Waals surface area contributed by atoms with Gasteiger partial charge in [0.2, 0.25) is 0 Å². The van der Waals surface area contributed by atoms with Crippen molar-refractivity contribution >= 4 is 0 Å². The van der Waals surface area contributed by atoms with Gasteiger partial charge in [-0.1, -0.05) is 0 Å². The summed E-state index contributed by atoms with van der Waals surface area (Å²) in [7, 11) is 0. The van der Waals surface area contributed by atoms with Crippen molar-refractivity contribution in [1.29, 1.82) is 0 Å². The first-order chi connectivity index (χ1) is 5.88. The van der Waals surface area contributed by atoms with Crippen LogP contribution < -0.4 is 4.74 Å². The van der Waals surface area contributed by atoms with Crippen LogP contribution in [0.25, 0.3) is 0 Å². The van der Waals surface area contributed by atoms with Gasteiger partial charge in [0, 0.05) is 0 Å². The Labute approximate surface area is 71.0 Å². The highest BCUT2D eigenvalue weighted by molar-refractivity contribution is 5.20. The van der Waals surface area contributed by atoms with E-state index >= 15 is 0 Å². The fourth-order valence-corrected chi connectivity index (χ4v) is 0.953. The van der Waals surface area contributed by atoms with Crippen LogP contribution >= 0.6 is 0 Å². The molecule has 0 radical (unpaired) electrons. The SMILES string of the molecule is OCc1ccc(OC2CC2)cn1. The van der Waals surface area contributed by atoms with E-state index < -0.39 is 0 Å². The minimum absolute atomic E-state index is 0.0102. The molecule has 0 aromatic carbocycles. The van der Waals surface area contributed by atoms with Gasteiger partial charge in [0.05, 0.1) is 24.6 Å². The third-order valence-corrected chi connectivity index (χ3v) is 1.79. The first-order valence-electron chi connectivity index (χ1n) is 4.11. The van der Waals surface area contributed by atoms with Gasteiger partial charge in [-0.25, -0.2) is 0 Å². The number of hydrogen-bond donors (Lipinski definition) is 1. The molecule has 1 saturated carbocycles. The van der Waals surface area contributed by atoms with Gasteiger partial charge in [0.15, 0.2) is 0 Å². The summed E-state index contributed by atoms with van der Waals surface area (Å²) in [5.41, 5.74) is 0.679. The molecule has 3 heteroatoms. The maximum Gasteiger partial charge on any atom is 0.138 e. The molecule has 1 N–H and O–H groups in total. The number of aliphatic hydroxyl groups is 1. The molecule has 0 bridgehead atoms. The summed E-state index contributed by atoms with van der Waals surface area (Å²) in [6, 6.07) is 3.62. The number of nitrogens with zero attached hydrogens (tertiary/aromatic N) is 1. The Morgan fingerprint density at radius 1 is 1.50 bits per heavy atom. The highest BCUT2D eigenvalue weighted by atomic mass is 16.5. The van der Waals surface area contributed by atoms with Gasteiger partial charge < -0.3 is 9.84 Å². The van der Waals surface area contributed by atoms with Gasteiger partial charge in [-0.05, 0) is 25.0 Å². The van der Waals surface area contributed by atoms with Gasteiger partial charge >= 0.3 is 0 Å². The lowest BCUT2D eigenvalue weighted by molar-refractivity contribution is 0.275. The van der Waals surface area contributed by atoms with E-state index in [1.165, 1.54) is 0 Å². The first-order valence-corrected chi connectivity index (χ1v) is 4.11. The average molecular weight is 165 g/mol. The molecular formula is C9H11NO2. The monoisotopic (exact) mass is 165 g/mol. The Morgan fingerprint density at radius 2 is 2.33 bits per heavy atom. The van der Waals surface area contributed by atoms with Crippen molar-refractivity contribution in [2.45, 2.75) is 25.6 Å². The van der Waals surface area contributed by atoms with E-state index in [2.05, 4.69) is 4.98 Å². The maximum absolute atomic E-state index is 8.72. The Morgan fingerprint density at radius 3 is 2.83 bits per heavy atom. The zero-order chi connectivity index (χ0) is 8.39. The molecule has 0 saturated heterocycles. The van der Waals surface area contributed by atoms with Crippen molar-refractivity contribution in [3.63, 3.8) is 0 Å². The molecular weight excluding hydrogens is 154 g/mol. The molecule has 1 aliphatic rings. The summed E-state index contributed by atoms with van der Waals surface area (Å²) >= 11 is 0. The molecule has 0 spiro atoms. The van der Waals surface area contributed by atoms with Crippen molar-refractivity contribution in [3.05, 3.63) is 24.0 Å². The van der Waals surface area contributed by atoms with Crippen molar-refractivity contribution in [1.82, 2.24) is 4.98 Å². The second-order valence-corrected chi connectivity index (χ2v) is 2.96. The van der Waals surface area contributed by atoms with E-state index in [-0.39, 0.29) is 6.61 Å². The maximum atomic E-state index is 8.72. The number of aromatic nitrogens is 1. The summed E-state index contributed by atoms with van der Waals surface area (Å²) in [5, 5.41) is 8.72. The summed E-state index contributed by atoms with van der Waals surface area (Å²) in [6.07, 6.45) is 4.37. The molecule has 1 aliphatic carbocycles. The molecule has 0 amide bonds. The number of ether oxygens (including phenoxy) is 1. The molecule has 64 valence electrons. The topological polar surface area (TPSA) is 42.4 Å². The number of hydrogen-bond acceptors (Lipinski definition) is 3. The molecule has 0 unspecified atom stereocenters. The highest BCUT2D eigenvalue weighted by Crippen LogP contribution is 2.25. The zero-order valence-electron chi connectivity index (χ0n) is 6.73. The Balaban J connectivity index is 2.02. The minimum Gasteiger partial charge on any atom is -0.489 e. The molecule has 1 fully saturated rings. The van der Waals surface area contributed by atoms with E-state index in [9.17, 15) is 0 Å². The van der Waals surface area contributed by atoms with Crippen LogP contribution in [0.15, 0.2) is 18.3 Å². The predicted octanol–water partition coefficient (Wildman–Crippen LogP) is 1.12. The van der Waals surface area contributed by atoms with Gasteiger partial charge in [-0.3, -0.25) is 4.98 Å². The second kappa shape index (κ2) is 3.11. The van der Waals surface area contributed by atoms with Crippen LogP contribution in [-0.4, -0.2) is 16.2 Å². The predicted molar refractivity (Wildman–Crippen MR) is 43.8 cm³/mol. The lowest BCUT2D eigenvalue weighted by Crippen LogP contribution is -1.97. The number of rotatable bonds is 3. The fourth-order valence-electron chi connectivity index (χ4n) is 0.953. The van der Waals surface area contributed by atoms with Crippen molar-refractivity contribution in [2.24, 2.45) is 0 Å². The number of aliphatic hydroxyl groups excluding tert-OH is 1. The summed E-state index contributed by atoms with van der Waals surface area (Å²) in [5.74, 6) is 0.801. The van der Waals surface area contributed by atoms with Crippen molar-refractivity contribution < 1.29 is 9.84 Å². The van der Waals surface area contributed by atoms with Crippen LogP contribution in [0.3, 0.4) is 0 Å². The van der Waals surface area contributed by atoms with E-state index in [1.54, 1.807) is 12.3 Å². The van der Waals surface area contributed by atoms with Crippen LogP contribution in [0.1, 0.15) is 18.5 Å². The second-order valence-electron chi connectivity index (χ2n) is 2.96. The standard InChI is InChI=1S/C9H11NO2/c11-6-7-1-2-9(5-10-7)12-8-3-4-8/h1-2,5,8,11H,3-4,6H2. The third kappa shape index (κ3) is 1.74. The van der Waals surface area contributed by atoms with E-state index in [4.69, 9.17) is 9.84 Å². The molecule has 0 aliphatic heterocycles. The molecule has 0 atom stereocenters. The smallest absolute Gasteiger partial charge is 0.138 e. The molecule has 1 heterocycles. The molecule has 3 nitrogen and oxygen atoms in total. The fraction of sp³-hybridized carbons (Fsp3) is 0.444. The third-order valence-electron chi connectivity index (χ3n) is 1.79. The summed E-state index contributed by atoms with van der Waals surface area (Å²) in [4.78, 5) is 4.00. The van der Waals surface area contributed by atoms with Gasteiger partial charge in [0.25, 0.3) is 0 Å². The lowest BCUT2D eigenvalue weighted by atomic mass is 10.3. The quantitative estimate of drug-likeness (QED) is 0.729. The largest absolute Gasteiger partial charge is 0.489 e. The first kappa shape index (κ1) is 7.55. The zero-order valence-corrected chi connectivity index (χ0v) is 6.73. The van der Waals surface area contributed by atoms with Crippen LogP contribution in [0.4, 0.5) is 0 Å². The van der Waals surface area contributed by atoms with E-state index in [0.717, 1.165) is 18.6 Å².